The molecule has 2 heterocycles. The van der Waals surface area contributed by atoms with Crippen molar-refractivity contribution in [1.82, 2.24) is 15.2 Å². The standard InChI is InChI=1S/C12H12N4/c1-12(11-13-8-14-16-11)7-6-9-4-2-3-5-10(9)15-12/h2-8,15H,1H3,(H,13,14,16). The summed E-state index contributed by atoms with van der Waals surface area (Å²) in [4.78, 5) is 4.20. The van der Waals surface area contributed by atoms with Crippen LogP contribution in [-0.2, 0) is 5.54 Å². The SMILES string of the molecule is CC1(c2nc[nH]n2)C=Cc2ccccc2N1. The number of benzene rings is 1. The van der Waals surface area contributed by atoms with Crippen molar-refractivity contribution in [2.24, 2.45) is 0 Å². The quantitative estimate of drug-likeness (QED) is 0.761. The number of anilines is 1. The first-order chi connectivity index (χ1) is 7.78. The van der Waals surface area contributed by atoms with Gasteiger partial charge in [-0.15, -0.1) is 0 Å². The van der Waals surface area contributed by atoms with Gasteiger partial charge in [-0.25, -0.2) is 4.98 Å². The van der Waals surface area contributed by atoms with E-state index in [0.29, 0.717) is 0 Å². The molecule has 80 valence electrons. The van der Waals surface area contributed by atoms with Crippen LogP contribution in [0.2, 0.25) is 0 Å². The lowest BCUT2D eigenvalue weighted by atomic mass is 9.94. The molecule has 0 saturated heterocycles. The zero-order valence-electron chi connectivity index (χ0n) is 8.94. The molecule has 4 heteroatoms. The number of rotatable bonds is 1. The Kier molecular flexibility index (Phi) is 1.83. The molecule has 0 fully saturated rings. The highest BCUT2D eigenvalue weighted by atomic mass is 15.2. The first kappa shape index (κ1) is 9.15. The summed E-state index contributed by atoms with van der Waals surface area (Å²) in [5.41, 5.74) is 1.96. The first-order valence-electron chi connectivity index (χ1n) is 5.21. The first-order valence-corrected chi connectivity index (χ1v) is 5.21. The van der Waals surface area contributed by atoms with Gasteiger partial charge in [0.15, 0.2) is 5.82 Å². The van der Waals surface area contributed by atoms with Crippen molar-refractivity contribution in [2.75, 3.05) is 5.32 Å². The Balaban J connectivity index is 2.05. The molecule has 1 atom stereocenters. The Bertz CT molecular complexity index is 530. The fraction of sp³-hybridized carbons (Fsp3) is 0.167. The zero-order valence-corrected chi connectivity index (χ0v) is 8.94. The largest absolute Gasteiger partial charge is 0.369 e. The van der Waals surface area contributed by atoms with E-state index in [0.717, 1.165) is 11.5 Å². The van der Waals surface area contributed by atoms with E-state index < -0.39 is 0 Å². The lowest BCUT2D eigenvalue weighted by molar-refractivity contribution is 0.634. The highest BCUT2D eigenvalue weighted by molar-refractivity contribution is 5.72. The highest BCUT2D eigenvalue weighted by Gasteiger charge is 2.30. The Labute approximate surface area is 93.4 Å². The molecule has 0 amide bonds. The number of nitrogens with zero attached hydrogens (tertiary/aromatic N) is 2. The molecule has 2 N–H and O–H groups in total. The van der Waals surface area contributed by atoms with E-state index in [4.69, 9.17) is 0 Å². The van der Waals surface area contributed by atoms with Gasteiger partial charge in [-0.05, 0) is 18.6 Å². The molecule has 0 bridgehead atoms. The van der Waals surface area contributed by atoms with Crippen molar-refractivity contribution in [1.29, 1.82) is 0 Å². The molecule has 1 aliphatic rings. The van der Waals surface area contributed by atoms with E-state index in [1.807, 2.05) is 12.1 Å². The molecular weight excluding hydrogens is 200 g/mol. The minimum absolute atomic E-state index is 0.339. The van der Waals surface area contributed by atoms with Gasteiger partial charge >= 0.3 is 0 Å². The Morgan fingerprint density at radius 2 is 2.12 bits per heavy atom. The molecule has 1 unspecified atom stereocenters. The summed E-state index contributed by atoms with van der Waals surface area (Å²) in [6, 6.07) is 8.18. The Morgan fingerprint density at radius 1 is 1.25 bits per heavy atom. The van der Waals surface area contributed by atoms with Gasteiger partial charge in [0.05, 0.1) is 0 Å². The maximum absolute atomic E-state index is 4.20. The van der Waals surface area contributed by atoms with Crippen LogP contribution in [0.4, 0.5) is 5.69 Å². The van der Waals surface area contributed by atoms with Gasteiger partial charge in [0.2, 0.25) is 0 Å². The van der Waals surface area contributed by atoms with Crippen LogP contribution in [0.5, 0.6) is 0 Å². The van der Waals surface area contributed by atoms with E-state index in [1.54, 1.807) is 6.33 Å². The lowest BCUT2D eigenvalue weighted by Crippen LogP contribution is -2.32. The third-order valence-electron chi connectivity index (χ3n) is 2.83. The van der Waals surface area contributed by atoms with Crippen LogP contribution in [0.1, 0.15) is 18.3 Å². The maximum atomic E-state index is 4.20. The summed E-state index contributed by atoms with van der Waals surface area (Å²) in [6.07, 6.45) is 5.78. The smallest absolute Gasteiger partial charge is 0.179 e. The minimum Gasteiger partial charge on any atom is -0.369 e. The van der Waals surface area contributed by atoms with Gasteiger partial charge in [-0.3, -0.25) is 5.10 Å². The van der Waals surface area contributed by atoms with E-state index in [9.17, 15) is 0 Å². The second-order valence-corrected chi connectivity index (χ2v) is 4.07. The van der Waals surface area contributed by atoms with Crippen LogP contribution in [0, 0.1) is 0 Å². The summed E-state index contributed by atoms with van der Waals surface area (Å²) in [7, 11) is 0. The van der Waals surface area contributed by atoms with Crippen LogP contribution in [0.25, 0.3) is 6.08 Å². The van der Waals surface area contributed by atoms with Crippen molar-refractivity contribution in [3.63, 3.8) is 0 Å². The Hall–Kier alpha value is -2.10. The number of aromatic nitrogens is 3. The predicted molar refractivity (Wildman–Crippen MR) is 62.8 cm³/mol. The summed E-state index contributed by atoms with van der Waals surface area (Å²) >= 11 is 0. The van der Waals surface area contributed by atoms with Crippen molar-refractivity contribution in [3.05, 3.63) is 48.1 Å². The third-order valence-corrected chi connectivity index (χ3v) is 2.83. The summed E-state index contributed by atoms with van der Waals surface area (Å²) in [5.74, 6) is 0.748. The lowest BCUT2D eigenvalue weighted by Gasteiger charge is -2.30. The van der Waals surface area contributed by atoms with Crippen LogP contribution < -0.4 is 5.32 Å². The van der Waals surface area contributed by atoms with E-state index in [2.05, 4.69) is 51.7 Å². The number of hydrogen-bond donors (Lipinski definition) is 2. The fourth-order valence-electron chi connectivity index (χ4n) is 1.92. The molecule has 0 spiro atoms. The van der Waals surface area contributed by atoms with Crippen LogP contribution in [-0.4, -0.2) is 15.2 Å². The third kappa shape index (κ3) is 1.31. The molecule has 1 aromatic heterocycles. The van der Waals surface area contributed by atoms with Crippen LogP contribution in [0.3, 0.4) is 0 Å². The Morgan fingerprint density at radius 3 is 2.94 bits per heavy atom. The maximum Gasteiger partial charge on any atom is 0.179 e. The molecule has 1 aromatic carbocycles. The monoisotopic (exact) mass is 212 g/mol. The van der Waals surface area contributed by atoms with Crippen molar-refractivity contribution >= 4 is 11.8 Å². The topological polar surface area (TPSA) is 53.6 Å². The zero-order chi connectivity index (χ0) is 11.0. The van der Waals surface area contributed by atoms with Gasteiger partial charge in [-0.1, -0.05) is 30.4 Å². The van der Waals surface area contributed by atoms with Crippen molar-refractivity contribution in [2.45, 2.75) is 12.5 Å². The molecule has 0 aliphatic carbocycles. The molecule has 16 heavy (non-hydrogen) atoms. The van der Waals surface area contributed by atoms with Crippen LogP contribution in [0.15, 0.2) is 36.7 Å². The molecule has 4 nitrogen and oxygen atoms in total. The van der Waals surface area contributed by atoms with Gasteiger partial charge < -0.3 is 5.32 Å². The molecular formula is C12H12N4. The number of hydrogen-bond acceptors (Lipinski definition) is 3. The average molecular weight is 212 g/mol. The molecule has 2 aromatic rings. The molecule has 1 aliphatic heterocycles. The molecule has 3 rings (SSSR count). The normalized spacial score (nSPS) is 22.6. The van der Waals surface area contributed by atoms with Crippen molar-refractivity contribution in [3.8, 4) is 0 Å². The number of nitrogens with one attached hydrogen (secondary N) is 2. The average Bonchev–Trinajstić information content (AvgIpc) is 2.83. The van der Waals surface area contributed by atoms with Crippen LogP contribution >= 0.6 is 0 Å². The van der Waals surface area contributed by atoms with Gasteiger partial charge in [0, 0.05) is 5.69 Å². The second kappa shape index (κ2) is 3.20. The fourth-order valence-corrected chi connectivity index (χ4v) is 1.92. The summed E-state index contributed by atoms with van der Waals surface area (Å²) in [5, 5.41) is 10.3. The predicted octanol–water partition coefficient (Wildman–Crippen LogP) is 2.16. The highest BCUT2D eigenvalue weighted by Crippen LogP contribution is 2.32. The van der Waals surface area contributed by atoms with Gasteiger partial charge in [0.1, 0.15) is 11.9 Å². The number of aromatic amines is 1. The van der Waals surface area contributed by atoms with Crippen molar-refractivity contribution < 1.29 is 0 Å². The van der Waals surface area contributed by atoms with E-state index in [1.165, 1.54) is 5.56 Å². The van der Waals surface area contributed by atoms with E-state index in [-0.39, 0.29) is 5.54 Å². The molecule has 0 saturated carbocycles. The molecule has 0 radical (unpaired) electrons. The second-order valence-electron chi connectivity index (χ2n) is 4.07. The summed E-state index contributed by atoms with van der Waals surface area (Å²) < 4.78 is 0. The van der Waals surface area contributed by atoms with E-state index >= 15 is 0 Å². The number of fused-ring (bicyclic) bond motifs is 1. The number of para-hydroxylation sites is 1. The van der Waals surface area contributed by atoms with Gasteiger partial charge in [-0.2, -0.15) is 5.10 Å². The van der Waals surface area contributed by atoms with Gasteiger partial charge in [0.25, 0.3) is 0 Å². The summed E-state index contributed by atoms with van der Waals surface area (Å²) in [6.45, 7) is 2.06. The minimum atomic E-state index is -0.339. The number of H-pyrrole nitrogens is 1.